The molecular formula is C19H22O2. The average Bonchev–Trinajstić information content (AvgIpc) is 2.56. The Labute approximate surface area is 126 Å². The summed E-state index contributed by atoms with van der Waals surface area (Å²) in [6.07, 6.45) is 3.56. The van der Waals surface area contributed by atoms with Crippen molar-refractivity contribution in [3.63, 3.8) is 0 Å². The Morgan fingerprint density at radius 2 is 1.81 bits per heavy atom. The van der Waals surface area contributed by atoms with Gasteiger partial charge in [0.1, 0.15) is 0 Å². The van der Waals surface area contributed by atoms with Gasteiger partial charge in [-0.05, 0) is 42.4 Å². The fourth-order valence-electron chi connectivity index (χ4n) is 3.05. The lowest BCUT2D eigenvalue weighted by Gasteiger charge is -2.26. The minimum Gasteiger partial charge on any atom is -0.388 e. The van der Waals surface area contributed by atoms with Crippen LogP contribution in [0.15, 0.2) is 54.6 Å². The second-order valence-corrected chi connectivity index (χ2v) is 5.67. The minimum absolute atomic E-state index is 0.193. The Hall–Kier alpha value is -1.64. The highest BCUT2D eigenvalue weighted by Crippen LogP contribution is 2.32. The number of fused-ring (bicyclic) bond motifs is 1. The van der Waals surface area contributed by atoms with E-state index in [1.165, 1.54) is 11.1 Å². The third-order valence-electron chi connectivity index (χ3n) is 4.22. The molecule has 0 aromatic heterocycles. The first kappa shape index (κ1) is 14.3. The SMILES string of the molecule is OC(CCCC1OCCc2ccccc21)c1ccccc1. The van der Waals surface area contributed by atoms with Crippen molar-refractivity contribution < 1.29 is 9.84 Å². The lowest BCUT2D eigenvalue weighted by atomic mass is 9.93. The van der Waals surface area contributed by atoms with Crippen LogP contribution < -0.4 is 0 Å². The van der Waals surface area contributed by atoms with Crippen molar-refractivity contribution in [3.05, 3.63) is 71.3 Å². The van der Waals surface area contributed by atoms with E-state index in [1.807, 2.05) is 30.3 Å². The predicted octanol–water partition coefficient (Wildman–Crippen LogP) is 4.20. The molecule has 1 aliphatic rings. The van der Waals surface area contributed by atoms with Gasteiger partial charge in [-0.2, -0.15) is 0 Å². The van der Waals surface area contributed by atoms with Gasteiger partial charge in [0.05, 0.1) is 18.8 Å². The number of aliphatic hydroxyl groups excluding tert-OH is 1. The molecule has 0 bridgehead atoms. The van der Waals surface area contributed by atoms with Gasteiger partial charge in [0.2, 0.25) is 0 Å². The van der Waals surface area contributed by atoms with Gasteiger partial charge in [-0.25, -0.2) is 0 Å². The number of aliphatic hydroxyl groups is 1. The zero-order valence-corrected chi connectivity index (χ0v) is 12.2. The summed E-state index contributed by atoms with van der Waals surface area (Å²) < 4.78 is 5.91. The molecule has 1 aliphatic heterocycles. The molecule has 110 valence electrons. The number of hydrogen-bond acceptors (Lipinski definition) is 2. The Morgan fingerprint density at radius 3 is 2.67 bits per heavy atom. The van der Waals surface area contributed by atoms with Crippen molar-refractivity contribution in [1.82, 2.24) is 0 Å². The smallest absolute Gasteiger partial charge is 0.0827 e. The molecule has 0 spiro atoms. The average molecular weight is 282 g/mol. The monoisotopic (exact) mass is 282 g/mol. The Kier molecular flexibility index (Phi) is 4.69. The van der Waals surface area contributed by atoms with Crippen LogP contribution in [0.4, 0.5) is 0 Å². The fraction of sp³-hybridized carbons (Fsp3) is 0.368. The highest BCUT2D eigenvalue weighted by Gasteiger charge is 2.20. The van der Waals surface area contributed by atoms with E-state index in [9.17, 15) is 5.11 Å². The maximum atomic E-state index is 10.2. The third-order valence-corrected chi connectivity index (χ3v) is 4.22. The van der Waals surface area contributed by atoms with Crippen LogP contribution in [0.2, 0.25) is 0 Å². The van der Waals surface area contributed by atoms with E-state index in [4.69, 9.17) is 4.74 Å². The van der Waals surface area contributed by atoms with Crippen LogP contribution in [0.5, 0.6) is 0 Å². The standard InChI is InChI=1S/C19H22O2/c20-18(16-8-2-1-3-9-16)11-6-12-19-17-10-5-4-7-15(17)13-14-21-19/h1-5,7-10,18-20H,6,11-14H2. The summed E-state index contributed by atoms with van der Waals surface area (Å²) in [5.41, 5.74) is 3.75. The van der Waals surface area contributed by atoms with Crippen molar-refractivity contribution in [3.8, 4) is 0 Å². The van der Waals surface area contributed by atoms with Gasteiger partial charge in [-0.3, -0.25) is 0 Å². The summed E-state index contributed by atoms with van der Waals surface area (Å²) in [7, 11) is 0. The summed E-state index contributed by atoms with van der Waals surface area (Å²) in [5.74, 6) is 0. The lowest BCUT2D eigenvalue weighted by molar-refractivity contribution is 0.0320. The van der Waals surface area contributed by atoms with E-state index in [-0.39, 0.29) is 12.2 Å². The van der Waals surface area contributed by atoms with Gasteiger partial charge < -0.3 is 9.84 Å². The third kappa shape index (κ3) is 3.52. The second-order valence-electron chi connectivity index (χ2n) is 5.67. The first-order valence-electron chi connectivity index (χ1n) is 7.77. The fourth-order valence-corrected chi connectivity index (χ4v) is 3.05. The molecule has 0 radical (unpaired) electrons. The summed E-state index contributed by atoms with van der Waals surface area (Å²) in [4.78, 5) is 0. The van der Waals surface area contributed by atoms with E-state index >= 15 is 0 Å². The molecule has 1 N–H and O–H groups in total. The number of benzene rings is 2. The molecule has 2 aromatic rings. The van der Waals surface area contributed by atoms with Crippen molar-refractivity contribution in [2.45, 2.75) is 37.9 Å². The highest BCUT2D eigenvalue weighted by atomic mass is 16.5. The van der Waals surface area contributed by atoms with Gasteiger partial charge in [0, 0.05) is 0 Å². The van der Waals surface area contributed by atoms with Gasteiger partial charge in [-0.15, -0.1) is 0 Å². The molecule has 21 heavy (non-hydrogen) atoms. The zero-order chi connectivity index (χ0) is 14.5. The Balaban J connectivity index is 1.55. The molecule has 0 aliphatic carbocycles. The quantitative estimate of drug-likeness (QED) is 0.890. The van der Waals surface area contributed by atoms with Crippen molar-refractivity contribution in [2.24, 2.45) is 0 Å². The van der Waals surface area contributed by atoms with Crippen LogP contribution in [-0.4, -0.2) is 11.7 Å². The summed E-state index contributed by atoms with van der Waals surface area (Å²) in [6, 6.07) is 18.4. The number of rotatable bonds is 5. The van der Waals surface area contributed by atoms with E-state index in [0.29, 0.717) is 0 Å². The molecule has 3 rings (SSSR count). The normalized spacial score (nSPS) is 19.0. The number of ether oxygens (including phenoxy) is 1. The molecule has 2 nitrogen and oxygen atoms in total. The van der Waals surface area contributed by atoms with Crippen LogP contribution in [0.25, 0.3) is 0 Å². The van der Waals surface area contributed by atoms with Crippen molar-refractivity contribution >= 4 is 0 Å². The summed E-state index contributed by atoms with van der Waals surface area (Å²) >= 11 is 0. The molecule has 0 saturated carbocycles. The van der Waals surface area contributed by atoms with E-state index in [2.05, 4.69) is 24.3 Å². The molecular weight excluding hydrogens is 260 g/mol. The second kappa shape index (κ2) is 6.88. The molecule has 2 unspecified atom stereocenters. The van der Waals surface area contributed by atoms with Crippen molar-refractivity contribution in [2.75, 3.05) is 6.61 Å². The Bertz CT molecular complexity index is 565. The maximum absolute atomic E-state index is 10.2. The summed E-state index contributed by atoms with van der Waals surface area (Å²) in [6.45, 7) is 0.808. The molecule has 2 aromatic carbocycles. The summed E-state index contributed by atoms with van der Waals surface area (Å²) in [5, 5.41) is 10.2. The molecule has 0 fully saturated rings. The zero-order valence-electron chi connectivity index (χ0n) is 12.2. The van der Waals surface area contributed by atoms with Crippen LogP contribution >= 0.6 is 0 Å². The predicted molar refractivity (Wildman–Crippen MR) is 84.1 cm³/mol. The maximum Gasteiger partial charge on any atom is 0.0827 e. The Morgan fingerprint density at radius 1 is 1.05 bits per heavy atom. The van der Waals surface area contributed by atoms with Crippen LogP contribution in [0, 0.1) is 0 Å². The highest BCUT2D eigenvalue weighted by molar-refractivity contribution is 5.30. The van der Waals surface area contributed by atoms with Gasteiger partial charge in [0.25, 0.3) is 0 Å². The van der Waals surface area contributed by atoms with E-state index < -0.39 is 0 Å². The largest absolute Gasteiger partial charge is 0.388 e. The molecule has 2 heteroatoms. The van der Waals surface area contributed by atoms with Gasteiger partial charge >= 0.3 is 0 Å². The van der Waals surface area contributed by atoms with Crippen molar-refractivity contribution in [1.29, 1.82) is 0 Å². The molecule has 1 heterocycles. The number of hydrogen-bond donors (Lipinski definition) is 1. The van der Waals surface area contributed by atoms with Gasteiger partial charge in [-0.1, -0.05) is 54.6 Å². The molecule has 0 saturated heterocycles. The first-order chi connectivity index (χ1) is 10.3. The minimum atomic E-state index is -0.370. The van der Waals surface area contributed by atoms with E-state index in [0.717, 1.165) is 37.9 Å². The van der Waals surface area contributed by atoms with Crippen LogP contribution in [0.3, 0.4) is 0 Å². The van der Waals surface area contributed by atoms with Crippen LogP contribution in [-0.2, 0) is 11.2 Å². The van der Waals surface area contributed by atoms with Crippen LogP contribution in [0.1, 0.15) is 48.2 Å². The molecule has 2 atom stereocenters. The lowest BCUT2D eigenvalue weighted by Crippen LogP contribution is -2.16. The molecule has 0 amide bonds. The van der Waals surface area contributed by atoms with E-state index in [1.54, 1.807) is 0 Å². The topological polar surface area (TPSA) is 29.5 Å². The first-order valence-corrected chi connectivity index (χ1v) is 7.77. The van der Waals surface area contributed by atoms with Gasteiger partial charge in [0.15, 0.2) is 0 Å².